The first-order valence-electron chi connectivity index (χ1n) is 6.89. The Morgan fingerprint density at radius 3 is 2.76 bits per heavy atom. The van der Waals surface area contributed by atoms with Crippen molar-refractivity contribution in [2.24, 2.45) is 5.92 Å². The fourth-order valence-electron chi connectivity index (χ4n) is 1.89. The Morgan fingerprint density at radius 1 is 1.29 bits per heavy atom. The molecule has 0 spiro atoms. The summed E-state index contributed by atoms with van der Waals surface area (Å²) in [7, 11) is 0. The van der Waals surface area contributed by atoms with Crippen molar-refractivity contribution >= 4 is 6.03 Å². The number of benzene rings is 1. The fraction of sp³-hybridized carbons (Fsp3) is 0.357. The number of urea groups is 1. The minimum absolute atomic E-state index is 0.207. The zero-order chi connectivity index (χ0) is 14.7. The number of hydrogen-bond donors (Lipinski definition) is 3. The van der Waals surface area contributed by atoms with Crippen LogP contribution in [-0.4, -0.2) is 27.8 Å². The van der Waals surface area contributed by atoms with Gasteiger partial charge >= 0.3 is 6.03 Å². The van der Waals surface area contributed by atoms with Crippen LogP contribution in [-0.2, 0) is 6.54 Å². The molecule has 0 saturated heterocycles. The van der Waals surface area contributed by atoms with Crippen LogP contribution >= 0.6 is 0 Å². The molecular weight excluding hydrogens is 273 g/mol. The van der Waals surface area contributed by atoms with Crippen LogP contribution in [0.25, 0.3) is 11.4 Å². The number of hydrogen-bond acceptors (Lipinski definition) is 3. The SMILES string of the molecule is O=C(NCc1nc(-c2ccc(F)cc2)n[nH]1)NCC1CC1. The van der Waals surface area contributed by atoms with Crippen LogP contribution in [0.1, 0.15) is 18.7 Å². The highest BCUT2D eigenvalue weighted by atomic mass is 19.1. The number of nitrogens with one attached hydrogen (secondary N) is 3. The minimum Gasteiger partial charge on any atom is -0.338 e. The van der Waals surface area contributed by atoms with Crippen LogP contribution in [0.15, 0.2) is 24.3 Å². The number of aromatic amines is 1. The zero-order valence-corrected chi connectivity index (χ0v) is 11.4. The Bertz CT molecular complexity index is 621. The molecular formula is C14H16FN5O. The molecule has 110 valence electrons. The van der Waals surface area contributed by atoms with Gasteiger partial charge in [0, 0.05) is 12.1 Å². The molecule has 21 heavy (non-hydrogen) atoms. The summed E-state index contributed by atoms with van der Waals surface area (Å²) in [4.78, 5) is 15.8. The number of amides is 2. The summed E-state index contributed by atoms with van der Waals surface area (Å²) in [6, 6.07) is 5.72. The number of carbonyl (C=O) groups is 1. The Hall–Kier alpha value is -2.44. The third kappa shape index (κ3) is 3.77. The molecule has 1 aromatic heterocycles. The number of rotatable bonds is 5. The zero-order valence-electron chi connectivity index (χ0n) is 11.4. The molecule has 1 heterocycles. The van der Waals surface area contributed by atoms with E-state index in [0.717, 1.165) is 12.1 Å². The van der Waals surface area contributed by atoms with Gasteiger partial charge in [-0.3, -0.25) is 5.10 Å². The number of nitrogens with zero attached hydrogens (tertiary/aromatic N) is 2. The van der Waals surface area contributed by atoms with Crippen LogP contribution in [0.2, 0.25) is 0 Å². The lowest BCUT2D eigenvalue weighted by molar-refractivity contribution is 0.240. The minimum atomic E-state index is -0.302. The smallest absolute Gasteiger partial charge is 0.315 e. The van der Waals surface area contributed by atoms with Crippen molar-refractivity contribution < 1.29 is 9.18 Å². The lowest BCUT2D eigenvalue weighted by Gasteiger charge is -2.04. The molecule has 0 aliphatic heterocycles. The summed E-state index contributed by atoms with van der Waals surface area (Å²) in [5.74, 6) is 1.37. The van der Waals surface area contributed by atoms with Gasteiger partial charge in [-0.1, -0.05) is 0 Å². The maximum atomic E-state index is 12.8. The molecule has 1 aromatic carbocycles. The van der Waals surface area contributed by atoms with Gasteiger partial charge in [-0.25, -0.2) is 14.2 Å². The molecule has 1 fully saturated rings. The van der Waals surface area contributed by atoms with E-state index in [1.54, 1.807) is 12.1 Å². The van der Waals surface area contributed by atoms with Crippen LogP contribution in [0.5, 0.6) is 0 Å². The van der Waals surface area contributed by atoms with Crippen LogP contribution in [0.4, 0.5) is 9.18 Å². The highest BCUT2D eigenvalue weighted by Crippen LogP contribution is 2.27. The van der Waals surface area contributed by atoms with Gasteiger partial charge < -0.3 is 10.6 Å². The first kappa shape index (κ1) is 13.5. The monoisotopic (exact) mass is 289 g/mol. The number of H-pyrrole nitrogens is 1. The summed E-state index contributed by atoms with van der Waals surface area (Å²) in [5, 5.41) is 12.3. The first-order chi connectivity index (χ1) is 10.2. The van der Waals surface area contributed by atoms with Crippen molar-refractivity contribution in [2.75, 3.05) is 6.54 Å². The summed E-state index contributed by atoms with van der Waals surface area (Å²) < 4.78 is 12.8. The summed E-state index contributed by atoms with van der Waals surface area (Å²) in [6.45, 7) is 0.994. The molecule has 0 atom stereocenters. The second-order valence-corrected chi connectivity index (χ2v) is 5.12. The van der Waals surface area contributed by atoms with Crippen LogP contribution < -0.4 is 10.6 Å². The molecule has 0 unspecified atom stereocenters. The van der Waals surface area contributed by atoms with Gasteiger partial charge in [0.1, 0.15) is 11.6 Å². The van der Waals surface area contributed by atoms with Crippen molar-refractivity contribution in [1.29, 1.82) is 0 Å². The number of carbonyl (C=O) groups excluding carboxylic acids is 1. The van der Waals surface area contributed by atoms with Crippen molar-refractivity contribution in [1.82, 2.24) is 25.8 Å². The molecule has 2 amide bonds. The van der Waals surface area contributed by atoms with Crippen LogP contribution in [0.3, 0.4) is 0 Å². The number of halogens is 1. The molecule has 1 aliphatic rings. The third-order valence-corrected chi connectivity index (χ3v) is 3.30. The Morgan fingerprint density at radius 2 is 2.05 bits per heavy atom. The largest absolute Gasteiger partial charge is 0.338 e. The molecule has 1 saturated carbocycles. The highest BCUT2D eigenvalue weighted by molar-refractivity contribution is 5.73. The maximum absolute atomic E-state index is 12.8. The van der Waals surface area contributed by atoms with Crippen molar-refractivity contribution in [3.8, 4) is 11.4 Å². The van der Waals surface area contributed by atoms with E-state index in [4.69, 9.17) is 0 Å². The van der Waals surface area contributed by atoms with E-state index in [1.165, 1.54) is 25.0 Å². The number of aromatic nitrogens is 3. The van der Waals surface area contributed by atoms with E-state index in [2.05, 4.69) is 25.8 Å². The molecule has 6 nitrogen and oxygen atoms in total. The average Bonchev–Trinajstić information content (AvgIpc) is 3.20. The topological polar surface area (TPSA) is 82.7 Å². The lowest BCUT2D eigenvalue weighted by atomic mass is 10.2. The molecule has 0 bridgehead atoms. The average molecular weight is 289 g/mol. The van der Waals surface area contributed by atoms with Gasteiger partial charge in [0.2, 0.25) is 0 Å². The quantitative estimate of drug-likeness (QED) is 0.785. The summed E-state index contributed by atoms with van der Waals surface area (Å²) in [5.41, 5.74) is 0.720. The molecule has 7 heteroatoms. The van der Waals surface area contributed by atoms with E-state index in [1.807, 2.05) is 0 Å². The van der Waals surface area contributed by atoms with E-state index in [9.17, 15) is 9.18 Å². The van der Waals surface area contributed by atoms with Crippen LogP contribution in [0, 0.1) is 11.7 Å². The predicted octanol–water partition coefficient (Wildman–Crippen LogP) is 1.82. The van der Waals surface area contributed by atoms with Gasteiger partial charge in [-0.15, -0.1) is 0 Å². The molecule has 2 aromatic rings. The van der Waals surface area contributed by atoms with E-state index in [-0.39, 0.29) is 18.4 Å². The molecule has 1 aliphatic carbocycles. The van der Waals surface area contributed by atoms with Gasteiger partial charge in [0.25, 0.3) is 0 Å². The van der Waals surface area contributed by atoms with Gasteiger partial charge in [-0.05, 0) is 43.0 Å². The standard InChI is InChI=1S/C14H16FN5O/c15-11-5-3-10(4-6-11)13-18-12(19-20-13)8-17-14(21)16-7-9-1-2-9/h3-6,9H,1-2,7-8H2,(H2,16,17,21)(H,18,19,20). The fourth-order valence-corrected chi connectivity index (χ4v) is 1.89. The van der Waals surface area contributed by atoms with E-state index < -0.39 is 0 Å². The second kappa shape index (κ2) is 5.90. The second-order valence-electron chi connectivity index (χ2n) is 5.12. The van der Waals surface area contributed by atoms with Gasteiger partial charge in [-0.2, -0.15) is 5.10 Å². The first-order valence-corrected chi connectivity index (χ1v) is 6.89. The predicted molar refractivity (Wildman–Crippen MR) is 74.7 cm³/mol. The van der Waals surface area contributed by atoms with Crippen molar-refractivity contribution in [2.45, 2.75) is 19.4 Å². The highest BCUT2D eigenvalue weighted by Gasteiger charge is 2.21. The van der Waals surface area contributed by atoms with E-state index in [0.29, 0.717) is 17.6 Å². The summed E-state index contributed by atoms with van der Waals surface area (Å²) >= 11 is 0. The Balaban J connectivity index is 1.52. The molecule has 0 radical (unpaired) electrons. The lowest BCUT2D eigenvalue weighted by Crippen LogP contribution is -2.36. The molecule has 3 rings (SSSR count). The normalized spacial score (nSPS) is 14.0. The molecule has 3 N–H and O–H groups in total. The van der Waals surface area contributed by atoms with Crippen molar-refractivity contribution in [3.63, 3.8) is 0 Å². The summed E-state index contributed by atoms with van der Waals surface area (Å²) in [6.07, 6.45) is 2.40. The van der Waals surface area contributed by atoms with E-state index >= 15 is 0 Å². The Kier molecular flexibility index (Phi) is 3.81. The van der Waals surface area contributed by atoms with Gasteiger partial charge in [0.05, 0.1) is 6.54 Å². The maximum Gasteiger partial charge on any atom is 0.315 e. The van der Waals surface area contributed by atoms with Gasteiger partial charge in [0.15, 0.2) is 5.82 Å². The third-order valence-electron chi connectivity index (χ3n) is 3.30. The van der Waals surface area contributed by atoms with Crippen molar-refractivity contribution in [3.05, 3.63) is 35.9 Å². The Labute approximate surface area is 121 Å².